The first kappa shape index (κ1) is 17.5. The van der Waals surface area contributed by atoms with E-state index in [9.17, 15) is 14.4 Å². The van der Waals surface area contributed by atoms with E-state index in [1.807, 2.05) is 0 Å². The summed E-state index contributed by atoms with van der Waals surface area (Å²) in [6, 6.07) is 6.35. The first-order valence-electron chi connectivity index (χ1n) is 6.71. The summed E-state index contributed by atoms with van der Waals surface area (Å²) in [7, 11) is 0. The molecule has 120 valence electrons. The fraction of sp³-hybridized carbons (Fsp3) is 0.400. The third kappa shape index (κ3) is 6.25. The van der Waals surface area contributed by atoms with Crippen LogP contribution in [0.2, 0.25) is 0 Å². The van der Waals surface area contributed by atoms with Crippen LogP contribution < -0.4 is 15.4 Å². The monoisotopic (exact) mass is 308 g/mol. The maximum absolute atomic E-state index is 11.8. The van der Waals surface area contributed by atoms with E-state index in [0.717, 1.165) is 0 Å². The van der Waals surface area contributed by atoms with Gasteiger partial charge in [-0.25, -0.2) is 4.79 Å². The maximum Gasteiger partial charge on any atom is 0.341 e. The highest BCUT2D eigenvalue weighted by atomic mass is 16.5. The van der Waals surface area contributed by atoms with Crippen LogP contribution in [0, 0.1) is 5.41 Å². The Bertz CT molecular complexity index is 563. The fourth-order valence-electron chi connectivity index (χ4n) is 1.44. The zero-order valence-electron chi connectivity index (χ0n) is 12.8. The van der Waals surface area contributed by atoms with Crippen molar-refractivity contribution in [2.45, 2.75) is 20.8 Å². The minimum absolute atomic E-state index is 0.143. The van der Waals surface area contributed by atoms with Gasteiger partial charge in [-0.15, -0.1) is 0 Å². The molecule has 3 N–H and O–H groups in total. The van der Waals surface area contributed by atoms with Gasteiger partial charge in [0.1, 0.15) is 5.75 Å². The van der Waals surface area contributed by atoms with Crippen LogP contribution >= 0.6 is 0 Å². The Balaban J connectivity index is 2.52. The van der Waals surface area contributed by atoms with Gasteiger partial charge >= 0.3 is 5.97 Å². The number of benzene rings is 1. The molecule has 0 radical (unpaired) electrons. The van der Waals surface area contributed by atoms with Gasteiger partial charge in [-0.2, -0.15) is 0 Å². The van der Waals surface area contributed by atoms with Crippen molar-refractivity contribution >= 4 is 23.5 Å². The largest absolute Gasteiger partial charge is 0.482 e. The van der Waals surface area contributed by atoms with Gasteiger partial charge in [0.2, 0.25) is 11.8 Å². The van der Waals surface area contributed by atoms with E-state index in [-0.39, 0.29) is 18.4 Å². The molecular formula is C15H20N2O5. The van der Waals surface area contributed by atoms with E-state index in [0.29, 0.717) is 11.4 Å². The summed E-state index contributed by atoms with van der Waals surface area (Å²) in [5, 5.41) is 13.7. The van der Waals surface area contributed by atoms with E-state index in [4.69, 9.17) is 9.84 Å². The van der Waals surface area contributed by atoms with Gasteiger partial charge in [0.25, 0.3) is 0 Å². The lowest BCUT2D eigenvalue weighted by molar-refractivity contribution is -0.139. The summed E-state index contributed by atoms with van der Waals surface area (Å²) in [4.78, 5) is 33.8. The molecule has 0 fully saturated rings. The predicted molar refractivity (Wildman–Crippen MR) is 80.7 cm³/mol. The Morgan fingerprint density at radius 2 is 1.91 bits per heavy atom. The molecule has 0 aliphatic heterocycles. The van der Waals surface area contributed by atoms with Crippen molar-refractivity contribution in [1.82, 2.24) is 5.32 Å². The quantitative estimate of drug-likeness (QED) is 0.733. The molecule has 0 aliphatic rings. The smallest absolute Gasteiger partial charge is 0.341 e. The first-order valence-corrected chi connectivity index (χ1v) is 6.71. The number of carboxylic acid groups (broad SMARTS) is 1. The highest BCUT2D eigenvalue weighted by Gasteiger charge is 2.21. The normalized spacial score (nSPS) is 10.7. The molecule has 0 aliphatic carbocycles. The summed E-state index contributed by atoms with van der Waals surface area (Å²) < 4.78 is 5.01. The van der Waals surface area contributed by atoms with Crippen molar-refractivity contribution in [2.24, 2.45) is 5.41 Å². The SMILES string of the molecule is CC(C)(C)C(=O)NCC(=O)Nc1cccc(OCC(=O)O)c1. The summed E-state index contributed by atoms with van der Waals surface area (Å²) in [5.41, 5.74) is -0.108. The highest BCUT2D eigenvalue weighted by Crippen LogP contribution is 2.17. The topological polar surface area (TPSA) is 105 Å². The summed E-state index contributed by atoms with van der Waals surface area (Å²) in [6.45, 7) is 4.66. The van der Waals surface area contributed by atoms with Crippen molar-refractivity contribution in [2.75, 3.05) is 18.5 Å². The van der Waals surface area contributed by atoms with E-state index in [1.165, 1.54) is 6.07 Å². The average Bonchev–Trinajstić information content (AvgIpc) is 2.42. The minimum atomic E-state index is -1.08. The fourth-order valence-corrected chi connectivity index (χ4v) is 1.44. The molecule has 0 aromatic heterocycles. The first-order chi connectivity index (χ1) is 10.2. The third-order valence-corrected chi connectivity index (χ3v) is 2.57. The molecule has 7 heteroatoms. The van der Waals surface area contributed by atoms with E-state index < -0.39 is 18.0 Å². The number of nitrogens with one attached hydrogen (secondary N) is 2. The van der Waals surface area contributed by atoms with Crippen LogP contribution in [0.4, 0.5) is 5.69 Å². The number of rotatable bonds is 6. The number of hydrogen-bond acceptors (Lipinski definition) is 4. The lowest BCUT2D eigenvalue weighted by Gasteiger charge is -2.17. The number of carboxylic acids is 1. The summed E-state index contributed by atoms with van der Waals surface area (Å²) in [6.07, 6.45) is 0. The van der Waals surface area contributed by atoms with E-state index >= 15 is 0 Å². The van der Waals surface area contributed by atoms with Gasteiger partial charge in [0, 0.05) is 17.2 Å². The number of aliphatic carboxylic acids is 1. The molecule has 1 aromatic carbocycles. The van der Waals surface area contributed by atoms with Crippen LogP contribution in [0.5, 0.6) is 5.75 Å². The minimum Gasteiger partial charge on any atom is -0.482 e. The predicted octanol–water partition coefficient (Wildman–Crippen LogP) is 1.25. The Hall–Kier alpha value is -2.57. The highest BCUT2D eigenvalue weighted by molar-refractivity contribution is 5.95. The number of ether oxygens (including phenoxy) is 1. The third-order valence-electron chi connectivity index (χ3n) is 2.57. The van der Waals surface area contributed by atoms with Crippen molar-refractivity contribution in [3.63, 3.8) is 0 Å². The lowest BCUT2D eigenvalue weighted by atomic mass is 9.96. The second-order valence-electron chi connectivity index (χ2n) is 5.69. The maximum atomic E-state index is 11.8. The Morgan fingerprint density at radius 3 is 2.50 bits per heavy atom. The van der Waals surface area contributed by atoms with Gasteiger partial charge in [-0.1, -0.05) is 26.8 Å². The molecule has 0 bridgehead atoms. The van der Waals surface area contributed by atoms with E-state index in [1.54, 1.807) is 39.0 Å². The second kappa shape index (κ2) is 7.44. The number of hydrogen-bond donors (Lipinski definition) is 3. The molecule has 7 nitrogen and oxygen atoms in total. The average molecular weight is 308 g/mol. The second-order valence-corrected chi connectivity index (χ2v) is 5.69. The molecule has 0 heterocycles. The molecule has 0 saturated heterocycles. The molecule has 2 amide bonds. The van der Waals surface area contributed by atoms with Gasteiger partial charge in [0.15, 0.2) is 6.61 Å². The molecule has 0 atom stereocenters. The molecule has 1 aromatic rings. The van der Waals surface area contributed by atoms with Crippen molar-refractivity contribution < 1.29 is 24.2 Å². The zero-order chi connectivity index (χ0) is 16.8. The lowest BCUT2D eigenvalue weighted by Crippen LogP contribution is -2.39. The van der Waals surface area contributed by atoms with Gasteiger partial charge in [0.05, 0.1) is 6.54 Å². The van der Waals surface area contributed by atoms with Gasteiger partial charge < -0.3 is 20.5 Å². The summed E-state index contributed by atoms with van der Waals surface area (Å²) >= 11 is 0. The molecular weight excluding hydrogens is 288 g/mol. The Labute approximate surface area is 128 Å². The summed E-state index contributed by atoms with van der Waals surface area (Å²) in [5.74, 6) is -1.35. The van der Waals surface area contributed by atoms with Crippen LogP contribution in [0.3, 0.4) is 0 Å². The van der Waals surface area contributed by atoms with Crippen molar-refractivity contribution in [3.8, 4) is 5.75 Å². The van der Waals surface area contributed by atoms with Crippen LogP contribution in [0.15, 0.2) is 24.3 Å². The number of anilines is 1. The molecule has 22 heavy (non-hydrogen) atoms. The Kier molecular flexibility index (Phi) is 5.91. The molecule has 0 saturated carbocycles. The van der Waals surface area contributed by atoms with Crippen LogP contribution in [-0.2, 0) is 14.4 Å². The standard InChI is InChI=1S/C15H20N2O5/c1-15(2,3)14(21)16-8-12(18)17-10-5-4-6-11(7-10)22-9-13(19)20/h4-7H,8-9H2,1-3H3,(H,16,21)(H,17,18)(H,19,20). The number of amides is 2. The molecule has 0 spiro atoms. The van der Waals surface area contributed by atoms with Crippen LogP contribution in [-0.4, -0.2) is 36.0 Å². The Morgan fingerprint density at radius 1 is 1.23 bits per heavy atom. The molecule has 1 rings (SSSR count). The molecule has 0 unspecified atom stereocenters. The van der Waals surface area contributed by atoms with Gasteiger partial charge in [-0.3, -0.25) is 9.59 Å². The van der Waals surface area contributed by atoms with Crippen LogP contribution in [0.25, 0.3) is 0 Å². The zero-order valence-corrected chi connectivity index (χ0v) is 12.8. The number of carbonyl (C=O) groups is 3. The van der Waals surface area contributed by atoms with Crippen LogP contribution in [0.1, 0.15) is 20.8 Å². The van der Waals surface area contributed by atoms with Crippen molar-refractivity contribution in [1.29, 1.82) is 0 Å². The van der Waals surface area contributed by atoms with Gasteiger partial charge in [-0.05, 0) is 12.1 Å². The van der Waals surface area contributed by atoms with E-state index in [2.05, 4.69) is 10.6 Å². The number of carbonyl (C=O) groups excluding carboxylic acids is 2. The van der Waals surface area contributed by atoms with Crippen molar-refractivity contribution in [3.05, 3.63) is 24.3 Å².